The Hall–Kier alpha value is -2.60. The van der Waals surface area contributed by atoms with Gasteiger partial charge in [-0.2, -0.15) is 0 Å². The van der Waals surface area contributed by atoms with Gasteiger partial charge >= 0.3 is 0 Å². The highest BCUT2D eigenvalue weighted by atomic mass is 79.9. The topological polar surface area (TPSA) is 56.2 Å². The van der Waals surface area contributed by atoms with Crippen molar-refractivity contribution in [3.8, 4) is 5.75 Å². The minimum Gasteiger partial charge on any atom is -0.494 e. The summed E-state index contributed by atoms with van der Waals surface area (Å²) in [6, 6.07) is 17.3. The lowest BCUT2D eigenvalue weighted by atomic mass is 10.1. The van der Waals surface area contributed by atoms with Crippen molar-refractivity contribution in [3.63, 3.8) is 0 Å². The van der Waals surface area contributed by atoms with Gasteiger partial charge in [-0.25, -0.2) is 4.98 Å². The fourth-order valence-corrected chi connectivity index (χ4v) is 3.05. The van der Waals surface area contributed by atoms with E-state index in [-0.39, 0.29) is 11.9 Å². The molecule has 0 saturated heterocycles. The molecule has 0 saturated carbocycles. The molecule has 0 spiro atoms. The predicted octanol–water partition coefficient (Wildman–Crippen LogP) is 4.25. The lowest BCUT2D eigenvalue weighted by molar-refractivity contribution is -0.121. The maximum Gasteiger partial charge on any atom is 0.220 e. The number of nitrogens with one attached hydrogen (secondary N) is 1. The Morgan fingerprint density at radius 2 is 1.93 bits per heavy atom. The summed E-state index contributed by atoms with van der Waals surface area (Å²) in [5, 5.41) is 3.10. The van der Waals surface area contributed by atoms with Gasteiger partial charge in [0.05, 0.1) is 6.61 Å². The molecule has 1 N–H and O–H groups in total. The van der Waals surface area contributed by atoms with Gasteiger partial charge in [0.15, 0.2) is 0 Å². The van der Waals surface area contributed by atoms with Crippen molar-refractivity contribution in [2.24, 2.45) is 7.05 Å². The standard InChI is InChI=1S/C21H22BrN3O2/c1-25-14-13-23-21(25)20(16-6-3-2-4-7-16)24-19(26)8-5-15-27-18-11-9-17(22)10-12-18/h2-4,6-7,9-14,20H,5,8,15H2,1H3,(H,24,26)/t20-/m0/s1. The maximum absolute atomic E-state index is 12.5. The summed E-state index contributed by atoms with van der Waals surface area (Å²) in [5.41, 5.74) is 1.01. The van der Waals surface area contributed by atoms with Gasteiger partial charge in [-0.1, -0.05) is 46.3 Å². The number of carbonyl (C=O) groups excluding carboxylic acids is 1. The van der Waals surface area contributed by atoms with Gasteiger partial charge in [-0.15, -0.1) is 0 Å². The number of aromatic nitrogens is 2. The summed E-state index contributed by atoms with van der Waals surface area (Å²) < 4.78 is 8.61. The molecule has 2 aromatic carbocycles. The smallest absolute Gasteiger partial charge is 0.220 e. The van der Waals surface area contributed by atoms with E-state index in [1.165, 1.54) is 0 Å². The molecule has 1 aromatic heterocycles. The largest absolute Gasteiger partial charge is 0.494 e. The van der Waals surface area contributed by atoms with Crippen LogP contribution in [0.2, 0.25) is 0 Å². The molecule has 6 heteroatoms. The van der Waals surface area contributed by atoms with E-state index < -0.39 is 0 Å². The molecule has 0 aliphatic rings. The first kappa shape index (κ1) is 19.2. The zero-order chi connectivity index (χ0) is 19.1. The van der Waals surface area contributed by atoms with Gasteiger partial charge in [-0.3, -0.25) is 4.79 Å². The fraction of sp³-hybridized carbons (Fsp3) is 0.238. The van der Waals surface area contributed by atoms with Crippen LogP contribution in [-0.2, 0) is 11.8 Å². The van der Waals surface area contributed by atoms with Crippen molar-refractivity contribution in [1.29, 1.82) is 0 Å². The molecule has 0 aliphatic heterocycles. The third-order valence-electron chi connectivity index (χ3n) is 4.19. The first-order chi connectivity index (χ1) is 13.1. The Bertz CT molecular complexity index is 863. The molecule has 1 heterocycles. The lowest BCUT2D eigenvalue weighted by Gasteiger charge is -2.19. The Kier molecular flexibility index (Phi) is 6.65. The number of halogens is 1. The van der Waals surface area contributed by atoms with Crippen LogP contribution in [-0.4, -0.2) is 22.1 Å². The molecule has 0 bridgehead atoms. The van der Waals surface area contributed by atoms with E-state index in [0.29, 0.717) is 19.4 Å². The van der Waals surface area contributed by atoms with Crippen LogP contribution in [0.1, 0.15) is 30.3 Å². The molecule has 1 amide bonds. The average molecular weight is 428 g/mol. The van der Waals surface area contributed by atoms with Crippen LogP contribution in [0.3, 0.4) is 0 Å². The summed E-state index contributed by atoms with van der Waals surface area (Å²) in [6.45, 7) is 0.494. The van der Waals surface area contributed by atoms with Crippen LogP contribution in [0.5, 0.6) is 5.75 Å². The lowest BCUT2D eigenvalue weighted by Crippen LogP contribution is -2.31. The van der Waals surface area contributed by atoms with Gasteiger partial charge in [0, 0.05) is 30.3 Å². The number of hydrogen-bond acceptors (Lipinski definition) is 3. The van der Waals surface area contributed by atoms with Crippen LogP contribution in [0.25, 0.3) is 0 Å². The Morgan fingerprint density at radius 3 is 2.59 bits per heavy atom. The van der Waals surface area contributed by atoms with E-state index in [2.05, 4.69) is 26.2 Å². The molecular weight excluding hydrogens is 406 g/mol. The number of ether oxygens (including phenoxy) is 1. The molecule has 27 heavy (non-hydrogen) atoms. The van der Waals surface area contributed by atoms with E-state index >= 15 is 0 Å². The van der Waals surface area contributed by atoms with Gasteiger partial charge in [0.2, 0.25) is 5.91 Å². The average Bonchev–Trinajstić information content (AvgIpc) is 3.11. The van der Waals surface area contributed by atoms with Crippen LogP contribution in [0.4, 0.5) is 0 Å². The van der Waals surface area contributed by atoms with E-state index in [4.69, 9.17) is 4.74 Å². The van der Waals surface area contributed by atoms with Crippen LogP contribution >= 0.6 is 15.9 Å². The SMILES string of the molecule is Cn1ccnc1[C@@H](NC(=O)CCCOc1ccc(Br)cc1)c1ccccc1. The maximum atomic E-state index is 12.5. The number of nitrogens with zero attached hydrogens (tertiary/aromatic N) is 2. The highest BCUT2D eigenvalue weighted by Crippen LogP contribution is 2.20. The highest BCUT2D eigenvalue weighted by molar-refractivity contribution is 9.10. The number of rotatable bonds is 8. The first-order valence-electron chi connectivity index (χ1n) is 8.83. The number of carbonyl (C=O) groups is 1. The highest BCUT2D eigenvalue weighted by Gasteiger charge is 2.20. The van der Waals surface area contributed by atoms with E-state index in [1.807, 2.05) is 72.4 Å². The molecule has 0 radical (unpaired) electrons. The Morgan fingerprint density at radius 1 is 1.19 bits per heavy atom. The Balaban J connectivity index is 1.55. The molecule has 0 unspecified atom stereocenters. The molecule has 0 fully saturated rings. The van der Waals surface area contributed by atoms with Crippen LogP contribution in [0.15, 0.2) is 71.5 Å². The third kappa shape index (κ3) is 5.44. The van der Waals surface area contributed by atoms with E-state index in [9.17, 15) is 4.79 Å². The molecule has 3 rings (SSSR count). The second-order valence-electron chi connectivity index (χ2n) is 6.21. The molecule has 3 aromatic rings. The van der Waals surface area contributed by atoms with E-state index in [1.54, 1.807) is 6.20 Å². The van der Waals surface area contributed by atoms with Crippen molar-refractivity contribution < 1.29 is 9.53 Å². The minimum absolute atomic E-state index is 0.0220. The van der Waals surface area contributed by atoms with Crippen molar-refractivity contribution >= 4 is 21.8 Å². The number of aryl methyl sites for hydroxylation is 1. The third-order valence-corrected chi connectivity index (χ3v) is 4.71. The predicted molar refractivity (Wildman–Crippen MR) is 109 cm³/mol. The van der Waals surface area contributed by atoms with Crippen LogP contribution in [0, 0.1) is 0 Å². The summed E-state index contributed by atoms with van der Waals surface area (Å²) in [4.78, 5) is 16.9. The molecular formula is C21H22BrN3O2. The summed E-state index contributed by atoms with van der Waals surface area (Å²) in [7, 11) is 1.93. The van der Waals surface area contributed by atoms with Gasteiger partial charge in [0.1, 0.15) is 17.6 Å². The number of imidazole rings is 1. The zero-order valence-electron chi connectivity index (χ0n) is 15.1. The van der Waals surface area contributed by atoms with Gasteiger partial charge in [-0.05, 0) is 36.2 Å². The number of hydrogen-bond donors (Lipinski definition) is 1. The normalized spacial score (nSPS) is 11.8. The minimum atomic E-state index is -0.272. The molecule has 1 atom stereocenters. The van der Waals surface area contributed by atoms with Crippen molar-refractivity contribution in [2.75, 3.05) is 6.61 Å². The summed E-state index contributed by atoms with van der Waals surface area (Å²) in [6.07, 6.45) is 4.65. The zero-order valence-corrected chi connectivity index (χ0v) is 16.7. The fourth-order valence-electron chi connectivity index (χ4n) is 2.78. The molecule has 140 valence electrons. The summed E-state index contributed by atoms with van der Waals surface area (Å²) >= 11 is 3.39. The molecule has 0 aliphatic carbocycles. The first-order valence-corrected chi connectivity index (χ1v) is 9.62. The summed E-state index contributed by atoms with van der Waals surface area (Å²) in [5.74, 6) is 1.58. The quantitative estimate of drug-likeness (QED) is 0.546. The van der Waals surface area contributed by atoms with Crippen molar-refractivity contribution in [2.45, 2.75) is 18.9 Å². The second kappa shape index (κ2) is 9.37. The monoisotopic (exact) mass is 427 g/mol. The van der Waals surface area contributed by atoms with Gasteiger partial charge < -0.3 is 14.6 Å². The van der Waals surface area contributed by atoms with E-state index in [0.717, 1.165) is 21.6 Å². The molecule has 5 nitrogen and oxygen atoms in total. The number of benzene rings is 2. The van der Waals surface area contributed by atoms with Crippen molar-refractivity contribution in [1.82, 2.24) is 14.9 Å². The van der Waals surface area contributed by atoms with Crippen molar-refractivity contribution in [3.05, 3.63) is 82.9 Å². The van der Waals surface area contributed by atoms with Crippen LogP contribution < -0.4 is 10.1 Å². The second-order valence-corrected chi connectivity index (χ2v) is 7.13. The van der Waals surface area contributed by atoms with Gasteiger partial charge in [0.25, 0.3) is 0 Å². The Labute approximate surface area is 167 Å². The number of amides is 1.